The lowest BCUT2D eigenvalue weighted by Gasteiger charge is -2.19. The van der Waals surface area contributed by atoms with E-state index in [4.69, 9.17) is 5.11 Å². The van der Waals surface area contributed by atoms with Gasteiger partial charge in [-0.1, -0.05) is 0 Å². The Hall–Kier alpha value is -1.11. The van der Waals surface area contributed by atoms with Gasteiger partial charge in [0.1, 0.15) is 0 Å². The van der Waals surface area contributed by atoms with Crippen LogP contribution < -0.4 is 0 Å². The quantitative estimate of drug-likeness (QED) is 0.713. The predicted octanol–water partition coefficient (Wildman–Crippen LogP) is -0.646. The minimum Gasteiger partial charge on any atom is -0.481 e. The second kappa shape index (κ2) is 4.29. The Labute approximate surface area is 99.5 Å². The average molecular weight is 261 g/mol. The van der Waals surface area contributed by atoms with Crippen molar-refractivity contribution >= 4 is 21.7 Å². The van der Waals surface area contributed by atoms with Gasteiger partial charge in [-0.05, 0) is 12.8 Å². The third kappa shape index (κ3) is 2.77. The van der Waals surface area contributed by atoms with Gasteiger partial charge in [0, 0.05) is 13.1 Å². The van der Waals surface area contributed by atoms with E-state index in [2.05, 4.69) is 0 Å². The van der Waals surface area contributed by atoms with Crippen molar-refractivity contribution in [1.82, 2.24) is 4.90 Å². The van der Waals surface area contributed by atoms with E-state index < -0.39 is 27.6 Å². The normalized spacial score (nSPS) is 31.6. The smallest absolute Gasteiger partial charge is 0.307 e. The van der Waals surface area contributed by atoms with Crippen molar-refractivity contribution < 1.29 is 23.1 Å². The van der Waals surface area contributed by atoms with Crippen LogP contribution in [0.2, 0.25) is 0 Å². The molecule has 2 rings (SSSR count). The Morgan fingerprint density at radius 2 is 1.82 bits per heavy atom. The minimum absolute atomic E-state index is 0.0107. The molecule has 1 aliphatic carbocycles. The van der Waals surface area contributed by atoms with Gasteiger partial charge < -0.3 is 10.0 Å². The maximum atomic E-state index is 11.9. The second-order valence-electron chi connectivity index (χ2n) is 4.62. The van der Waals surface area contributed by atoms with Crippen molar-refractivity contribution in [2.24, 2.45) is 11.8 Å². The summed E-state index contributed by atoms with van der Waals surface area (Å²) in [6.07, 6.45) is 0.829. The first-order valence-electron chi connectivity index (χ1n) is 5.63. The van der Waals surface area contributed by atoms with Gasteiger partial charge >= 0.3 is 5.97 Å². The highest BCUT2D eigenvalue weighted by Crippen LogP contribution is 2.40. The van der Waals surface area contributed by atoms with Crippen LogP contribution >= 0.6 is 0 Å². The number of hydrogen-bond acceptors (Lipinski definition) is 4. The molecule has 0 aromatic carbocycles. The number of nitrogens with zero attached hydrogens (tertiary/aromatic N) is 1. The van der Waals surface area contributed by atoms with Crippen molar-refractivity contribution in [1.29, 1.82) is 0 Å². The van der Waals surface area contributed by atoms with Gasteiger partial charge in [0.05, 0.1) is 23.3 Å². The summed E-state index contributed by atoms with van der Waals surface area (Å²) in [7, 11) is -3.03. The van der Waals surface area contributed by atoms with Gasteiger partial charge in [0.15, 0.2) is 9.84 Å². The molecule has 1 N–H and O–H groups in total. The average Bonchev–Trinajstić information content (AvgIpc) is 3.00. The summed E-state index contributed by atoms with van der Waals surface area (Å²) in [5.41, 5.74) is 0. The number of carbonyl (C=O) groups excluding carboxylic acids is 1. The number of carbonyl (C=O) groups is 2. The maximum absolute atomic E-state index is 11.9. The van der Waals surface area contributed by atoms with Gasteiger partial charge in [-0.2, -0.15) is 0 Å². The molecule has 0 spiro atoms. The fourth-order valence-corrected chi connectivity index (χ4v) is 3.41. The van der Waals surface area contributed by atoms with Crippen LogP contribution in [0.15, 0.2) is 0 Å². The van der Waals surface area contributed by atoms with E-state index in [1.807, 2.05) is 0 Å². The van der Waals surface area contributed by atoms with Crippen LogP contribution in [-0.2, 0) is 19.4 Å². The second-order valence-corrected chi connectivity index (χ2v) is 6.92. The van der Waals surface area contributed by atoms with E-state index in [1.54, 1.807) is 0 Å². The largest absolute Gasteiger partial charge is 0.481 e. The van der Waals surface area contributed by atoms with Crippen LogP contribution in [0.25, 0.3) is 0 Å². The van der Waals surface area contributed by atoms with Gasteiger partial charge in [0.2, 0.25) is 5.91 Å². The third-order valence-electron chi connectivity index (χ3n) is 3.29. The summed E-state index contributed by atoms with van der Waals surface area (Å²) in [5, 5.41) is 8.74. The Morgan fingerprint density at radius 3 is 2.41 bits per heavy atom. The lowest BCUT2D eigenvalue weighted by Crippen LogP contribution is -2.35. The highest BCUT2D eigenvalue weighted by atomic mass is 32.2. The first kappa shape index (κ1) is 12.3. The van der Waals surface area contributed by atoms with Crippen molar-refractivity contribution in [2.45, 2.75) is 12.8 Å². The lowest BCUT2D eigenvalue weighted by molar-refractivity contribution is -0.141. The monoisotopic (exact) mass is 261 g/mol. The Morgan fingerprint density at radius 1 is 1.12 bits per heavy atom. The number of carboxylic acid groups (broad SMARTS) is 1. The van der Waals surface area contributed by atoms with Crippen LogP contribution in [0.1, 0.15) is 12.8 Å². The van der Waals surface area contributed by atoms with Crippen molar-refractivity contribution in [3.63, 3.8) is 0 Å². The number of sulfone groups is 1. The molecule has 1 heterocycles. The first-order valence-corrected chi connectivity index (χ1v) is 7.45. The lowest BCUT2D eigenvalue weighted by atomic mass is 10.2. The van der Waals surface area contributed by atoms with Crippen LogP contribution in [0.4, 0.5) is 0 Å². The molecule has 0 radical (unpaired) electrons. The molecule has 6 nitrogen and oxygen atoms in total. The summed E-state index contributed by atoms with van der Waals surface area (Å²) in [6.45, 7) is 0.616. The molecule has 7 heteroatoms. The Kier molecular flexibility index (Phi) is 3.11. The van der Waals surface area contributed by atoms with E-state index >= 15 is 0 Å². The van der Waals surface area contributed by atoms with Crippen molar-refractivity contribution in [3.8, 4) is 0 Å². The third-order valence-corrected chi connectivity index (χ3v) is 5.01. The number of carboxylic acids is 1. The number of rotatable bonds is 2. The molecule has 0 aromatic heterocycles. The fourth-order valence-electron chi connectivity index (χ4n) is 2.13. The number of aliphatic carboxylic acids is 1. The Balaban J connectivity index is 1.95. The standard InChI is InChI=1S/C10H15NO5S/c12-9(7-6-8(7)10(13)14)11-2-1-4-17(15,16)5-3-11/h7-8H,1-6H2,(H,13,14). The molecule has 1 aliphatic heterocycles. The van der Waals surface area contributed by atoms with Crippen molar-refractivity contribution in [3.05, 3.63) is 0 Å². The van der Waals surface area contributed by atoms with Crippen LogP contribution in [0, 0.1) is 11.8 Å². The molecule has 96 valence electrons. The Bertz CT molecular complexity index is 444. The van der Waals surface area contributed by atoms with E-state index in [1.165, 1.54) is 4.90 Å². The minimum atomic E-state index is -3.03. The fraction of sp³-hybridized carbons (Fsp3) is 0.800. The SMILES string of the molecule is O=C(O)C1CC1C(=O)N1CCCS(=O)(=O)CC1. The predicted molar refractivity (Wildman–Crippen MR) is 59.1 cm³/mol. The highest BCUT2D eigenvalue weighted by molar-refractivity contribution is 7.91. The maximum Gasteiger partial charge on any atom is 0.307 e. The zero-order chi connectivity index (χ0) is 12.6. The van der Waals surface area contributed by atoms with E-state index in [9.17, 15) is 18.0 Å². The van der Waals surface area contributed by atoms with E-state index in [0.717, 1.165) is 0 Å². The molecule has 2 unspecified atom stereocenters. The zero-order valence-corrected chi connectivity index (χ0v) is 10.1. The van der Waals surface area contributed by atoms with E-state index in [-0.39, 0.29) is 24.0 Å². The highest BCUT2D eigenvalue weighted by Gasteiger charge is 2.49. The molecular formula is C10H15NO5S. The molecule has 2 fully saturated rings. The van der Waals surface area contributed by atoms with Gasteiger partial charge in [-0.15, -0.1) is 0 Å². The molecule has 1 saturated carbocycles. The molecule has 1 saturated heterocycles. The summed E-state index contributed by atoms with van der Waals surface area (Å²) in [4.78, 5) is 24.1. The number of amides is 1. The molecule has 1 amide bonds. The van der Waals surface area contributed by atoms with E-state index in [0.29, 0.717) is 19.4 Å². The summed E-state index contributed by atoms with van der Waals surface area (Å²) in [5.74, 6) is -2.04. The molecular weight excluding hydrogens is 246 g/mol. The van der Waals surface area contributed by atoms with Crippen LogP contribution in [0.3, 0.4) is 0 Å². The summed E-state index contributed by atoms with van der Waals surface area (Å²) < 4.78 is 22.7. The van der Waals surface area contributed by atoms with Gasteiger partial charge in [-0.25, -0.2) is 8.42 Å². The molecule has 2 aliphatic rings. The topological polar surface area (TPSA) is 91.8 Å². The summed E-state index contributed by atoms with van der Waals surface area (Å²) in [6, 6.07) is 0. The number of hydrogen-bond donors (Lipinski definition) is 1. The van der Waals surface area contributed by atoms with Gasteiger partial charge in [0.25, 0.3) is 0 Å². The zero-order valence-electron chi connectivity index (χ0n) is 9.33. The van der Waals surface area contributed by atoms with Gasteiger partial charge in [-0.3, -0.25) is 9.59 Å². The summed E-state index contributed by atoms with van der Waals surface area (Å²) >= 11 is 0. The molecule has 17 heavy (non-hydrogen) atoms. The first-order chi connectivity index (χ1) is 7.91. The van der Waals surface area contributed by atoms with Crippen molar-refractivity contribution in [2.75, 3.05) is 24.6 Å². The van der Waals surface area contributed by atoms with Crippen LogP contribution in [-0.4, -0.2) is 54.9 Å². The molecule has 0 aromatic rings. The van der Waals surface area contributed by atoms with Crippen LogP contribution in [0.5, 0.6) is 0 Å². The molecule has 0 bridgehead atoms. The molecule has 2 atom stereocenters.